The quantitative estimate of drug-likeness (QED) is 0.713. The first-order valence-corrected chi connectivity index (χ1v) is 7.78. The number of carbonyl (C=O) groups excluding carboxylic acids is 2. The van der Waals surface area contributed by atoms with E-state index in [1.807, 2.05) is 13.8 Å². The second kappa shape index (κ2) is 6.57. The Balaban J connectivity index is 2.11. The number of amides is 2. The Labute approximate surface area is 121 Å². The maximum atomic E-state index is 12.6. The number of nitrogens with zero attached hydrogens (tertiary/aromatic N) is 1. The van der Waals surface area contributed by atoms with Crippen LogP contribution in [0.2, 0.25) is 0 Å². The minimum atomic E-state index is -0.344. The summed E-state index contributed by atoms with van der Waals surface area (Å²) in [5, 5.41) is 2.94. The molecule has 0 aromatic rings. The third-order valence-corrected chi connectivity index (χ3v) is 4.41. The summed E-state index contributed by atoms with van der Waals surface area (Å²) in [5.74, 6) is 0.601. The molecule has 0 spiro atoms. The van der Waals surface area contributed by atoms with Crippen molar-refractivity contribution < 1.29 is 14.3 Å². The topological polar surface area (TPSA) is 58.6 Å². The van der Waals surface area contributed by atoms with Crippen LogP contribution in [0.1, 0.15) is 40.0 Å². The lowest BCUT2D eigenvalue weighted by atomic mass is 9.92. The van der Waals surface area contributed by atoms with Crippen LogP contribution < -0.4 is 5.32 Å². The zero-order valence-corrected chi connectivity index (χ0v) is 12.7. The molecule has 1 N–H and O–H groups in total. The van der Waals surface area contributed by atoms with Crippen molar-refractivity contribution in [3.05, 3.63) is 0 Å². The highest BCUT2D eigenvalue weighted by molar-refractivity contribution is 5.97. The Hall–Kier alpha value is -1.10. The van der Waals surface area contributed by atoms with Crippen LogP contribution in [-0.2, 0) is 14.3 Å². The van der Waals surface area contributed by atoms with Crippen LogP contribution in [0.4, 0.5) is 0 Å². The van der Waals surface area contributed by atoms with Crippen LogP contribution in [-0.4, -0.2) is 48.6 Å². The van der Waals surface area contributed by atoms with E-state index in [0.29, 0.717) is 25.7 Å². The molecule has 114 valence electrons. The summed E-state index contributed by atoms with van der Waals surface area (Å²) >= 11 is 0. The molecule has 2 aliphatic rings. The molecule has 3 unspecified atom stereocenters. The molecule has 1 aliphatic carbocycles. The number of nitrogens with one attached hydrogen (secondary N) is 1. The average Bonchev–Trinajstić information content (AvgIpc) is 3.26. The molecule has 0 bridgehead atoms. The number of rotatable bonds is 7. The minimum Gasteiger partial charge on any atom is -0.380 e. The number of hydrogen-bond acceptors (Lipinski definition) is 3. The molecule has 5 nitrogen and oxygen atoms in total. The van der Waals surface area contributed by atoms with E-state index in [1.54, 1.807) is 4.90 Å². The van der Waals surface area contributed by atoms with Crippen molar-refractivity contribution in [2.45, 2.75) is 52.1 Å². The first-order valence-electron chi connectivity index (χ1n) is 7.78. The van der Waals surface area contributed by atoms with E-state index in [2.05, 4.69) is 12.2 Å². The van der Waals surface area contributed by atoms with Gasteiger partial charge in [-0.05, 0) is 31.6 Å². The second-order valence-corrected chi connectivity index (χ2v) is 5.88. The monoisotopic (exact) mass is 282 g/mol. The summed E-state index contributed by atoms with van der Waals surface area (Å²) in [6.45, 7) is 7.66. The molecule has 0 aromatic carbocycles. The van der Waals surface area contributed by atoms with Crippen LogP contribution in [0.5, 0.6) is 0 Å². The molecule has 2 rings (SSSR count). The highest BCUT2D eigenvalue weighted by Crippen LogP contribution is 2.35. The van der Waals surface area contributed by atoms with Crippen molar-refractivity contribution in [3.63, 3.8) is 0 Å². The lowest BCUT2D eigenvalue weighted by Crippen LogP contribution is -2.66. The van der Waals surface area contributed by atoms with Gasteiger partial charge in [0.15, 0.2) is 0 Å². The molecule has 0 radical (unpaired) electrons. The highest BCUT2D eigenvalue weighted by atomic mass is 16.5. The minimum absolute atomic E-state index is 0.00680. The highest BCUT2D eigenvalue weighted by Gasteiger charge is 2.47. The summed E-state index contributed by atoms with van der Waals surface area (Å²) in [7, 11) is 0. The molecule has 1 heterocycles. The Kier molecular flexibility index (Phi) is 5.02. The van der Waals surface area contributed by atoms with Crippen molar-refractivity contribution in [2.75, 3.05) is 19.8 Å². The SMILES string of the molecule is CCOCCN1C(=O)C(C2CC2)NC(=O)C1C(C)CC. The van der Waals surface area contributed by atoms with E-state index in [-0.39, 0.29) is 29.8 Å². The van der Waals surface area contributed by atoms with E-state index in [1.165, 1.54) is 0 Å². The smallest absolute Gasteiger partial charge is 0.246 e. The molecule has 2 fully saturated rings. The van der Waals surface area contributed by atoms with Crippen molar-refractivity contribution in [1.29, 1.82) is 0 Å². The lowest BCUT2D eigenvalue weighted by Gasteiger charge is -2.41. The van der Waals surface area contributed by atoms with Crippen molar-refractivity contribution in [1.82, 2.24) is 10.2 Å². The van der Waals surface area contributed by atoms with E-state index < -0.39 is 0 Å². The Morgan fingerprint density at radius 3 is 2.60 bits per heavy atom. The van der Waals surface area contributed by atoms with Crippen molar-refractivity contribution in [2.24, 2.45) is 11.8 Å². The van der Waals surface area contributed by atoms with Gasteiger partial charge >= 0.3 is 0 Å². The first kappa shape index (κ1) is 15.3. The van der Waals surface area contributed by atoms with Gasteiger partial charge in [-0.1, -0.05) is 20.3 Å². The van der Waals surface area contributed by atoms with Gasteiger partial charge in [-0.2, -0.15) is 0 Å². The van der Waals surface area contributed by atoms with Gasteiger partial charge in [0.2, 0.25) is 11.8 Å². The van der Waals surface area contributed by atoms with Gasteiger partial charge in [-0.15, -0.1) is 0 Å². The van der Waals surface area contributed by atoms with Crippen LogP contribution >= 0.6 is 0 Å². The molecule has 5 heteroatoms. The third-order valence-electron chi connectivity index (χ3n) is 4.41. The van der Waals surface area contributed by atoms with Gasteiger partial charge in [-0.3, -0.25) is 9.59 Å². The lowest BCUT2D eigenvalue weighted by molar-refractivity contribution is -0.153. The fourth-order valence-electron chi connectivity index (χ4n) is 2.85. The maximum absolute atomic E-state index is 12.6. The predicted octanol–water partition coefficient (Wildman–Crippen LogP) is 1.17. The van der Waals surface area contributed by atoms with Crippen LogP contribution in [0.25, 0.3) is 0 Å². The summed E-state index contributed by atoms with van der Waals surface area (Å²) in [6, 6.07) is -0.646. The summed E-state index contributed by atoms with van der Waals surface area (Å²) in [6.07, 6.45) is 2.97. The van der Waals surface area contributed by atoms with Gasteiger partial charge in [0.25, 0.3) is 0 Å². The maximum Gasteiger partial charge on any atom is 0.246 e. The molecular formula is C15H26N2O3. The van der Waals surface area contributed by atoms with Gasteiger partial charge < -0.3 is 15.0 Å². The molecule has 2 amide bonds. The van der Waals surface area contributed by atoms with E-state index in [4.69, 9.17) is 4.74 Å². The molecular weight excluding hydrogens is 256 g/mol. The molecule has 20 heavy (non-hydrogen) atoms. The van der Waals surface area contributed by atoms with E-state index >= 15 is 0 Å². The molecule has 3 atom stereocenters. The molecule has 1 aliphatic heterocycles. The van der Waals surface area contributed by atoms with Gasteiger partial charge in [0.05, 0.1) is 6.61 Å². The summed E-state index contributed by atoms with van der Waals surface area (Å²) in [5.41, 5.74) is 0. The van der Waals surface area contributed by atoms with Crippen LogP contribution in [0, 0.1) is 11.8 Å². The zero-order valence-electron chi connectivity index (χ0n) is 12.7. The Morgan fingerprint density at radius 2 is 2.05 bits per heavy atom. The average molecular weight is 282 g/mol. The fraction of sp³-hybridized carbons (Fsp3) is 0.867. The third kappa shape index (κ3) is 3.14. The van der Waals surface area contributed by atoms with Crippen molar-refractivity contribution in [3.8, 4) is 0 Å². The van der Waals surface area contributed by atoms with Gasteiger partial charge in [0, 0.05) is 13.2 Å². The van der Waals surface area contributed by atoms with Gasteiger partial charge in [0.1, 0.15) is 12.1 Å². The molecule has 1 saturated carbocycles. The van der Waals surface area contributed by atoms with Gasteiger partial charge in [-0.25, -0.2) is 0 Å². The number of piperazine rings is 1. The van der Waals surface area contributed by atoms with E-state index in [0.717, 1.165) is 19.3 Å². The first-order chi connectivity index (χ1) is 9.60. The summed E-state index contributed by atoms with van der Waals surface area (Å²) in [4.78, 5) is 26.8. The number of carbonyl (C=O) groups is 2. The van der Waals surface area contributed by atoms with Crippen LogP contribution in [0.3, 0.4) is 0 Å². The largest absolute Gasteiger partial charge is 0.380 e. The summed E-state index contributed by atoms with van der Waals surface area (Å²) < 4.78 is 5.37. The van der Waals surface area contributed by atoms with Crippen molar-refractivity contribution >= 4 is 11.8 Å². The molecule has 1 saturated heterocycles. The number of hydrogen-bond donors (Lipinski definition) is 1. The van der Waals surface area contributed by atoms with E-state index in [9.17, 15) is 9.59 Å². The zero-order chi connectivity index (χ0) is 14.7. The Bertz CT molecular complexity index is 368. The van der Waals surface area contributed by atoms with Crippen LogP contribution in [0.15, 0.2) is 0 Å². The normalized spacial score (nSPS) is 28.4. The standard InChI is InChI=1S/C15H26N2O3/c1-4-10(3)13-14(18)16-12(11-6-7-11)15(19)17(13)8-9-20-5-2/h10-13H,4-9H2,1-3H3,(H,16,18). The second-order valence-electron chi connectivity index (χ2n) is 5.88. The predicted molar refractivity (Wildman–Crippen MR) is 76.1 cm³/mol. The Morgan fingerprint density at radius 1 is 1.35 bits per heavy atom. The fourth-order valence-corrected chi connectivity index (χ4v) is 2.85. The number of ether oxygens (including phenoxy) is 1. The molecule has 0 aromatic heterocycles.